The standard InChI is InChI=1S/C12H16N2O4/c1-12(2,18-14)11(15)17-9-6-4-8(5-7-9)10(13)16-3/h4-7,13H,14H2,1-3H3. The lowest BCUT2D eigenvalue weighted by atomic mass is 10.1. The Balaban J connectivity index is 2.76. The number of carbonyl (C=O) groups is 1. The first-order valence-corrected chi connectivity index (χ1v) is 5.24. The van der Waals surface area contributed by atoms with Gasteiger partial charge in [-0.15, -0.1) is 0 Å². The first kappa shape index (κ1) is 14.1. The highest BCUT2D eigenvalue weighted by atomic mass is 16.7. The highest BCUT2D eigenvalue weighted by Crippen LogP contribution is 2.16. The molecule has 18 heavy (non-hydrogen) atoms. The Kier molecular flexibility index (Phi) is 4.41. The van der Waals surface area contributed by atoms with Crippen LogP contribution in [0.25, 0.3) is 0 Å². The van der Waals surface area contributed by atoms with Crippen LogP contribution in [0.1, 0.15) is 19.4 Å². The van der Waals surface area contributed by atoms with Crippen molar-refractivity contribution in [2.75, 3.05) is 7.11 Å². The molecule has 6 heteroatoms. The maximum Gasteiger partial charge on any atom is 0.345 e. The van der Waals surface area contributed by atoms with Gasteiger partial charge >= 0.3 is 5.97 Å². The summed E-state index contributed by atoms with van der Waals surface area (Å²) in [7, 11) is 1.41. The smallest absolute Gasteiger partial charge is 0.345 e. The molecule has 0 unspecified atom stereocenters. The molecular formula is C12H16N2O4. The van der Waals surface area contributed by atoms with Gasteiger partial charge in [-0.25, -0.2) is 10.7 Å². The molecule has 0 saturated carbocycles. The number of esters is 1. The second-order valence-corrected chi connectivity index (χ2v) is 4.08. The van der Waals surface area contributed by atoms with E-state index in [0.717, 1.165) is 0 Å². The predicted octanol–water partition coefficient (Wildman–Crippen LogP) is 1.23. The number of benzene rings is 1. The maximum absolute atomic E-state index is 11.6. The highest BCUT2D eigenvalue weighted by Gasteiger charge is 2.30. The monoisotopic (exact) mass is 252 g/mol. The zero-order valence-electron chi connectivity index (χ0n) is 10.5. The molecule has 0 heterocycles. The summed E-state index contributed by atoms with van der Waals surface area (Å²) in [4.78, 5) is 16.2. The van der Waals surface area contributed by atoms with Crippen molar-refractivity contribution >= 4 is 11.9 Å². The molecule has 0 fully saturated rings. The minimum atomic E-state index is -1.21. The second-order valence-electron chi connectivity index (χ2n) is 4.08. The van der Waals surface area contributed by atoms with E-state index >= 15 is 0 Å². The first-order valence-electron chi connectivity index (χ1n) is 5.24. The van der Waals surface area contributed by atoms with Crippen LogP contribution in [0.4, 0.5) is 0 Å². The summed E-state index contributed by atoms with van der Waals surface area (Å²) in [5.74, 6) is 4.79. The van der Waals surface area contributed by atoms with Crippen LogP contribution in [0.3, 0.4) is 0 Å². The molecule has 0 aliphatic rings. The molecule has 0 aliphatic carbocycles. The molecule has 0 bridgehead atoms. The largest absolute Gasteiger partial charge is 0.481 e. The van der Waals surface area contributed by atoms with Gasteiger partial charge in [0.05, 0.1) is 7.11 Å². The third kappa shape index (κ3) is 3.28. The highest BCUT2D eigenvalue weighted by molar-refractivity contribution is 5.91. The number of nitrogens with one attached hydrogen (secondary N) is 1. The van der Waals surface area contributed by atoms with Crippen molar-refractivity contribution in [3.63, 3.8) is 0 Å². The summed E-state index contributed by atoms with van der Waals surface area (Å²) >= 11 is 0. The van der Waals surface area contributed by atoms with Gasteiger partial charge in [0.25, 0.3) is 0 Å². The van der Waals surface area contributed by atoms with Crippen LogP contribution in [0, 0.1) is 5.41 Å². The predicted molar refractivity (Wildman–Crippen MR) is 65.3 cm³/mol. The number of methoxy groups -OCH3 is 1. The fraction of sp³-hybridized carbons (Fsp3) is 0.333. The minimum absolute atomic E-state index is 0.0403. The van der Waals surface area contributed by atoms with Crippen LogP contribution in [-0.4, -0.2) is 24.6 Å². The van der Waals surface area contributed by atoms with Crippen LogP contribution in [0.5, 0.6) is 5.75 Å². The topological polar surface area (TPSA) is 94.6 Å². The summed E-state index contributed by atoms with van der Waals surface area (Å²) in [6, 6.07) is 6.36. The molecule has 0 radical (unpaired) electrons. The normalized spacial score (nSPS) is 10.9. The Bertz CT molecular complexity index is 440. The van der Waals surface area contributed by atoms with Crippen molar-refractivity contribution in [2.45, 2.75) is 19.4 Å². The van der Waals surface area contributed by atoms with Crippen molar-refractivity contribution in [3.05, 3.63) is 29.8 Å². The zero-order valence-corrected chi connectivity index (χ0v) is 10.5. The van der Waals surface area contributed by atoms with Gasteiger partial charge in [0.15, 0.2) is 5.60 Å². The molecule has 1 aromatic carbocycles. The second kappa shape index (κ2) is 5.61. The number of hydrogen-bond donors (Lipinski definition) is 2. The molecule has 0 aromatic heterocycles. The van der Waals surface area contributed by atoms with Crippen molar-refractivity contribution in [3.8, 4) is 5.75 Å². The number of ether oxygens (including phenoxy) is 2. The van der Waals surface area contributed by atoms with E-state index in [4.69, 9.17) is 20.8 Å². The number of carbonyl (C=O) groups excluding carboxylic acids is 1. The van der Waals surface area contributed by atoms with Gasteiger partial charge in [-0.1, -0.05) is 0 Å². The summed E-state index contributed by atoms with van der Waals surface area (Å²) in [5, 5.41) is 7.45. The van der Waals surface area contributed by atoms with Gasteiger partial charge in [-0.05, 0) is 38.1 Å². The number of hydrogen-bond acceptors (Lipinski definition) is 6. The van der Waals surface area contributed by atoms with E-state index in [1.807, 2.05) is 0 Å². The van der Waals surface area contributed by atoms with Crippen LogP contribution in [0.2, 0.25) is 0 Å². The molecule has 1 aromatic rings. The zero-order chi connectivity index (χ0) is 13.8. The van der Waals surface area contributed by atoms with Gasteiger partial charge in [0.1, 0.15) is 5.75 Å². The summed E-state index contributed by atoms with van der Waals surface area (Å²) in [5.41, 5.74) is -0.621. The lowest BCUT2D eigenvalue weighted by molar-refractivity contribution is -0.158. The average molecular weight is 252 g/mol. The van der Waals surface area contributed by atoms with Gasteiger partial charge < -0.3 is 9.47 Å². The lowest BCUT2D eigenvalue weighted by Crippen LogP contribution is -2.40. The van der Waals surface area contributed by atoms with Crippen molar-refractivity contribution in [2.24, 2.45) is 5.90 Å². The van der Waals surface area contributed by atoms with Gasteiger partial charge in [-0.2, -0.15) is 0 Å². The maximum atomic E-state index is 11.6. The molecular weight excluding hydrogens is 236 g/mol. The van der Waals surface area contributed by atoms with Crippen LogP contribution < -0.4 is 10.6 Å². The summed E-state index contributed by atoms with van der Waals surface area (Å²) in [6.07, 6.45) is 0. The van der Waals surface area contributed by atoms with E-state index in [1.165, 1.54) is 21.0 Å². The molecule has 98 valence electrons. The van der Waals surface area contributed by atoms with Crippen LogP contribution in [-0.2, 0) is 14.4 Å². The Hall–Kier alpha value is -1.92. The van der Waals surface area contributed by atoms with Gasteiger partial charge in [0, 0.05) is 5.56 Å². The SMILES string of the molecule is COC(=N)c1ccc(OC(=O)C(C)(C)ON)cc1. The Labute approximate surface area is 105 Å². The Morgan fingerprint density at radius 3 is 2.28 bits per heavy atom. The Morgan fingerprint density at radius 1 is 1.28 bits per heavy atom. The molecule has 1 rings (SSSR count). The number of nitrogens with two attached hydrogens (primary N) is 1. The molecule has 6 nitrogen and oxygen atoms in total. The summed E-state index contributed by atoms with van der Waals surface area (Å²) in [6.45, 7) is 3.01. The number of rotatable bonds is 4. The fourth-order valence-electron chi connectivity index (χ4n) is 1.07. The average Bonchev–Trinajstić information content (AvgIpc) is 2.38. The quantitative estimate of drug-likeness (QED) is 0.276. The minimum Gasteiger partial charge on any atom is -0.481 e. The molecule has 3 N–H and O–H groups in total. The van der Waals surface area contributed by atoms with E-state index in [-0.39, 0.29) is 5.90 Å². The van der Waals surface area contributed by atoms with E-state index in [9.17, 15) is 4.79 Å². The third-order valence-corrected chi connectivity index (χ3v) is 2.32. The Morgan fingerprint density at radius 2 is 1.83 bits per heavy atom. The van der Waals surface area contributed by atoms with Gasteiger partial charge in [-0.3, -0.25) is 10.2 Å². The summed E-state index contributed by atoms with van der Waals surface area (Å²) < 4.78 is 9.85. The van der Waals surface area contributed by atoms with E-state index in [2.05, 4.69) is 4.84 Å². The van der Waals surface area contributed by atoms with Crippen LogP contribution >= 0.6 is 0 Å². The van der Waals surface area contributed by atoms with Crippen LogP contribution in [0.15, 0.2) is 24.3 Å². The third-order valence-electron chi connectivity index (χ3n) is 2.32. The molecule has 0 spiro atoms. The lowest BCUT2D eigenvalue weighted by Gasteiger charge is -2.19. The molecule has 0 atom stereocenters. The van der Waals surface area contributed by atoms with E-state index < -0.39 is 11.6 Å². The van der Waals surface area contributed by atoms with Crippen molar-refractivity contribution in [1.29, 1.82) is 5.41 Å². The van der Waals surface area contributed by atoms with Crippen molar-refractivity contribution in [1.82, 2.24) is 0 Å². The molecule has 0 amide bonds. The van der Waals surface area contributed by atoms with E-state index in [1.54, 1.807) is 24.3 Å². The first-order chi connectivity index (χ1) is 8.40. The fourth-order valence-corrected chi connectivity index (χ4v) is 1.07. The van der Waals surface area contributed by atoms with Gasteiger partial charge in [0.2, 0.25) is 5.90 Å². The molecule has 0 aliphatic heterocycles. The molecule has 0 saturated heterocycles. The van der Waals surface area contributed by atoms with Crippen molar-refractivity contribution < 1.29 is 19.1 Å². The van der Waals surface area contributed by atoms with E-state index in [0.29, 0.717) is 11.3 Å².